The first-order valence-electron chi connectivity index (χ1n) is 6.26. The molecule has 2 atom stereocenters. The zero-order valence-corrected chi connectivity index (χ0v) is 12.0. The summed E-state index contributed by atoms with van der Waals surface area (Å²) < 4.78 is 11.0. The molecule has 19 heavy (non-hydrogen) atoms. The molecule has 2 unspecified atom stereocenters. The zero-order valence-electron chi connectivity index (χ0n) is 11.2. The van der Waals surface area contributed by atoms with E-state index in [1.165, 1.54) is 0 Å². The molecule has 1 aliphatic heterocycles. The first-order valence-corrected chi connectivity index (χ1v) is 7.14. The minimum absolute atomic E-state index is 0.261. The zero-order chi connectivity index (χ0) is 13.9. The summed E-state index contributed by atoms with van der Waals surface area (Å²) in [7, 11) is 0. The summed E-state index contributed by atoms with van der Waals surface area (Å²) in [6, 6.07) is 8.04. The minimum Gasteiger partial charge on any atom is -0.486 e. The third-order valence-corrected chi connectivity index (χ3v) is 3.91. The van der Waals surface area contributed by atoms with Gasteiger partial charge in [0.2, 0.25) is 0 Å². The lowest BCUT2D eigenvalue weighted by Crippen LogP contribution is -2.36. The van der Waals surface area contributed by atoms with Crippen LogP contribution in [0, 0.1) is 11.3 Å². The first-order chi connectivity index (χ1) is 9.00. The van der Waals surface area contributed by atoms with Crippen LogP contribution >= 0.6 is 11.8 Å². The highest BCUT2D eigenvalue weighted by Gasteiger charge is 2.22. The van der Waals surface area contributed by atoms with E-state index in [-0.39, 0.29) is 5.25 Å². The highest BCUT2D eigenvalue weighted by molar-refractivity contribution is 8.00. The largest absolute Gasteiger partial charge is 0.486 e. The van der Waals surface area contributed by atoms with Crippen LogP contribution in [0.15, 0.2) is 23.1 Å². The van der Waals surface area contributed by atoms with Gasteiger partial charge in [-0.1, -0.05) is 6.92 Å². The van der Waals surface area contributed by atoms with Gasteiger partial charge in [-0.2, -0.15) is 5.26 Å². The van der Waals surface area contributed by atoms with Gasteiger partial charge >= 0.3 is 0 Å². The Morgan fingerprint density at radius 2 is 2.11 bits per heavy atom. The fourth-order valence-electron chi connectivity index (χ4n) is 2.01. The molecule has 2 rings (SSSR count). The molecule has 1 aromatic rings. The van der Waals surface area contributed by atoms with Gasteiger partial charge in [0, 0.05) is 10.1 Å². The van der Waals surface area contributed by atoms with Crippen molar-refractivity contribution in [3.8, 4) is 17.6 Å². The topological polar surface area (TPSA) is 68.3 Å². The molecule has 5 heteroatoms. The van der Waals surface area contributed by atoms with Crippen molar-refractivity contribution in [2.24, 2.45) is 5.73 Å². The van der Waals surface area contributed by atoms with Crippen LogP contribution in [0.4, 0.5) is 0 Å². The van der Waals surface area contributed by atoms with E-state index in [4.69, 9.17) is 20.5 Å². The summed E-state index contributed by atoms with van der Waals surface area (Å²) >= 11 is 1.69. The third-order valence-electron chi connectivity index (χ3n) is 2.82. The smallest absolute Gasteiger partial charge is 0.162 e. The summed E-state index contributed by atoms with van der Waals surface area (Å²) in [5.41, 5.74) is 5.08. The quantitative estimate of drug-likeness (QED) is 0.857. The summed E-state index contributed by atoms with van der Waals surface area (Å²) in [5, 5.41) is 9.21. The number of ether oxygens (including phenoxy) is 2. The van der Waals surface area contributed by atoms with E-state index < -0.39 is 5.54 Å². The summed E-state index contributed by atoms with van der Waals surface area (Å²) in [6.07, 6.45) is 0.641. The average Bonchev–Trinajstić information content (AvgIpc) is 2.38. The number of hydrogen-bond donors (Lipinski definition) is 1. The molecule has 2 N–H and O–H groups in total. The third kappa shape index (κ3) is 3.79. The Hall–Kier alpha value is -1.38. The molecule has 0 aromatic heterocycles. The fraction of sp³-hybridized carbons (Fsp3) is 0.500. The number of hydrogen-bond acceptors (Lipinski definition) is 5. The van der Waals surface area contributed by atoms with E-state index in [1.54, 1.807) is 18.7 Å². The normalized spacial score (nSPS) is 18.2. The lowest BCUT2D eigenvalue weighted by molar-refractivity contribution is 0.171. The second-order valence-corrected chi connectivity index (χ2v) is 6.48. The number of rotatable bonds is 4. The van der Waals surface area contributed by atoms with Gasteiger partial charge in [0.1, 0.15) is 18.8 Å². The van der Waals surface area contributed by atoms with E-state index in [0.29, 0.717) is 19.6 Å². The fourth-order valence-corrected chi connectivity index (χ4v) is 3.23. The molecule has 0 bridgehead atoms. The molecule has 0 aliphatic carbocycles. The van der Waals surface area contributed by atoms with Gasteiger partial charge in [0.05, 0.1) is 6.07 Å². The Balaban J connectivity index is 2.01. The van der Waals surface area contributed by atoms with Crippen LogP contribution in [0.3, 0.4) is 0 Å². The molecular weight excluding hydrogens is 260 g/mol. The number of benzene rings is 1. The molecule has 102 valence electrons. The van der Waals surface area contributed by atoms with Crippen molar-refractivity contribution in [1.82, 2.24) is 0 Å². The van der Waals surface area contributed by atoms with Gasteiger partial charge in [0.25, 0.3) is 0 Å². The van der Waals surface area contributed by atoms with Crippen molar-refractivity contribution in [2.45, 2.75) is 36.0 Å². The van der Waals surface area contributed by atoms with E-state index in [1.807, 2.05) is 18.2 Å². The predicted octanol–water partition coefficient (Wildman–Crippen LogP) is 2.57. The first kappa shape index (κ1) is 14.0. The van der Waals surface area contributed by atoms with Crippen LogP contribution in [-0.4, -0.2) is 24.0 Å². The van der Waals surface area contributed by atoms with Crippen molar-refractivity contribution < 1.29 is 9.47 Å². The van der Waals surface area contributed by atoms with Crippen LogP contribution in [-0.2, 0) is 0 Å². The highest BCUT2D eigenvalue weighted by atomic mass is 32.2. The maximum Gasteiger partial charge on any atom is 0.162 e. The second kappa shape index (κ2) is 5.72. The van der Waals surface area contributed by atoms with Gasteiger partial charge in [0.15, 0.2) is 11.5 Å². The van der Waals surface area contributed by atoms with Gasteiger partial charge in [-0.15, -0.1) is 11.8 Å². The summed E-state index contributed by atoms with van der Waals surface area (Å²) in [5.74, 6) is 1.59. The number of nitrogens with two attached hydrogens (primary N) is 1. The Morgan fingerprint density at radius 3 is 2.79 bits per heavy atom. The van der Waals surface area contributed by atoms with E-state index in [0.717, 1.165) is 16.4 Å². The Bertz CT molecular complexity index is 497. The molecule has 1 heterocycles. The second-order valence-electron chi connectivity index (χ2n) is 4.97. The molecule has 0 saturated heterocycles. The van der Waals surface area contributed by atoms with Gasteiger partial charge in [-0.25, -0.2) is 0 Å². The van der Waals surface area contributed by atoms with Crippen molar-refractivity contribution in [1.29, 1.82) is 5.26 Å². The molecule has 0 radical (unpaired) electrons. The Kier molecular flexibility index (Phi) is 4.23. The highest BCUT2D eigenvalue weighted by Crippen LogP contribution is 2.36. The van der Waals surface area contributed by atoms with Crippen LogP contribution < -0.4 is 15.2 Å². The minimum atomic E-state index is -0.778. The maximum absolute atomic E-state index is 8.95. The molecule has 0 spiro atoms. The standard InChI is InChI=1S/C14H18N2O2S/c1-10(8-14(2,16)9-15)19-11-3-4-12-13(7-11)18-6-5-17-12/h3-4,7,10H,5-6,8,16H2,1-2H3. The van der Waals surface area contributed by atoms with Crippen LogP contribution in [0.1, 0.15) is 20.3 Å². The van der Waals surface area contributed by atoms with Gasteiger partial charge < -0.3 is 15.2 Å². The molecule has 1 aromatic carbocycles. The molecular formula is C14H18N2O2S. The summed E-state index contributed by atoms with van der Waals surface area (Å²) in [6.45, 7) is 5.02. The Labute approximate surface area is 117 Å². The SMILES string of the molecule is CC(CC(C)(N)C#N)Sc1ccc2c(c1)OCCO2. The summed E-state index contributed by atoms with van der Waals surface area (Å²) in [4.78, 5) is 1.10. The van der Waals surface area contributed by atoms with Gasteiger partial charge in [-0.05, 0) is 31.5 Å². The Morgan fingerprint density at radius 1 is 1.42 bits per heavy atom. The molecule has 0 fully saturated rings. The van der Waals surface area contributed by atoms with Crippen LogP contribution in [0.5, 0.6) is 11.5 Å². The monoisotopic (exact) mass is 278 g/mol. The number of fused-ring (bicyclic) bond motifs is 1. The van der Waals surface area contributed by atoms with Crippen LogP contribution in [0.2, 0.25) is 0 Å². The molecule has 4 nitrogen and oxygen atoms in total. The van der Waals surface area contributed by atoms with Crippen molar-refractivity contribution in [2.75, 3.05) is 13.2 Å². The molecule has 1 aliphatic rings. The van der Waals surface area contributed by atoms with E-state index in [2.05, 4.69) is 13.0 Å². The van der Waals surface area contributed by atoms with Gasteiger partial charge in [-0.3, -0.25) is 0 Å². The van der Waals surface area contributed by atoms with Crippen molar-refractivity contribution in [3.63, 3.8) is 0 Å². The molecule has 0 amide bonds. The van der Waals surface area contributed by atoms with E-state index in [9.17, 15) is 0 Å². The average molecular weight is 278 g/mol. The van der Waals surface area contributed by atoms with E-state index >= 15 is 0 Å². The van der Waals surface area contributed by atoms with Crippen molar-refractivity contribution >= 4 is 11.8 Å². The molecule has 0 saturated carbocycles. The number of nitriles is 1. The lowest BCUT2D eigenvalue weighted by atomic mass is 10.00. The maximum atomic E-state index is 8.95. The lowest BCUT2D eigenvalue weighted by Gasteiger charge is -2.22. The predicted molar refractivity (Wildman–Crippen MR) is 75.6 cm³/mol. The number of nitrogens with zero attached hydrogens (tertiary/aromatic N) is 1. The van der Waals surface area contributed by atoms with Crippen LogP contribution in [0.25, 0.3) is 0 Å². The number of thioether (sulfide) groups is 1. The van der Waals surface area contributed by atoms with Crippen molar-refractivity contribution in [3.05, 3.63) is 18.2 Å².